The normalized spacial score (nSPS) is 19.4. The number of thioether (sulfide) groups is 1. The number of hydrogen-bond acceptors (Lipinski definition) is 6. The van der Waals surface area contributed by atoms with Crippen LogP contribution in [-0.4, -0.2) is 38.6 Å². The number of carbonyl (C=O) groups is 1. The number of hydrogen-bond donors (Lipinski definition) is 2. The van der Waals surface area contributed by atoms with Gasteiger partial charge in [-0.1, -0.05) is 18.7 Å². The van der Waals surface area contributed by atoms with Crippen molar-refractivity contribution >= 4 is 17.7 Å². The monoisotopic (exact) mass is 300 g/mol. The van der Waals surface area contributed by atoms with E-state index in [0.29, 0.717) is 11.6 Å². The Hall–Kier alpha value is -1.28. The Morgan fingerprint density at radius 2 is 2.35 bits per heavy atom. The Labute approximate surface area is 121 Å². The highest BCUT2D eigenvalue weighted by Crippen LogP contribution is 2.37. The minimum atomic E-state index is -1.04. The summed E-state index contributed by atoms with van der Waals surface area (Å²) in [6.45, 7) is 3.60. The number of H-pyrrole nitrogens is 1. The van der Waals surface area contributed by atoms with Gasteiger partial charge in [0.25, 0.3) is 0 Å². The quantitative estimate of drug-likeness (QED) is 0.591. The van der Waals surface area contributed by atoms with E-state index in [-0.39, 0.29) is 17.0 Å². The Kier molecular flexibility index (Phi) is 4.24. The lowest BCUT2D eigenvalue weighted by atomic mass is 9.98. The third-order valence-corrected chi connectivity index (χ3v) is 4.32. The van der Waals surface area contributed by atoms with E-state index in [9.17, 15) is 9.59 Å². The summed E-state index contributed by atoms with van der Waals surface area (Å²) >= 11 is 1.45. The second kappa shape index (κ2) is 5.61. The first-order valence-corrected chi connectivity index (χ1v) is 7.44. The molecule has 3 N–H and O–H groups in total. The van der Waals surface area contributed by atoms with Gasteiger partial charge >= 0.3 is 11.7 Å². The van der Waals surface area contributed by atoms with Gasteiger partial charge in [-0.3, -0.25) is 9.36 Å². The summed E-state index contributed by atoms with van der Waals surface area (Å²) in [4.78, 5) is 23.3. The molecule has 0 aliphatic heterocycles. The Bertz CT molecular complexity index is 547. The molecule has 1 heterocycles. The van der Waals surface area contributed by atoms with E-state index in [2.05, 4.69) is 10.2 Å². The number of carbonyl (C=O) groups excluding carboxylic acids is 1. The molecule has 2 rings (SSSR count). The second-order valence-electron chi connectivity index (χ2n) is 5.45. The number of rotatable bonds is 6. The molecule has 1 aromatic heterocycles. The van der Waals surface area contributed by atoms with Crippen molar-refractivity contribution in [1.29, 1.82) is 0 Å². The lowest BCUT2D eigenvalue weighted by Crippen LogP contribution is -2.47. The molecule has 20 heavy (non-hydrogen) atoms. The highest BCUT2D eigenvalue weighted by molar-refractivity contribution is 7.99. The summed E-state index contributed by atoms with van der Waals surface area (Å²) in [5.74, 6) is -0.438. The predicted octanol–water partition coefficient (Wildman–Crippen LogP) is 0.667. The standard InChI is InChI=1S/C12H20N4O3S/c1-7(6-12(2,13)9(17)19-3)20-11-15-14-10(18)16(11)8-4-5-8/h7-8H,4-6,13H2,1-3H3,(H,14,18). The number of nitrogens with one attached hydrogen (secondary N) is 1. The van der Waals surface area contributed by atoms with Gasteiger partial charge in [-0.25, -0.2) is 9.89 Å². The molecule has 2 unspecified atom stereocenters. The minimum absolute atomic E-state index is 0.0387. The van der Waals surface area contributed by atoms with Crippen molar-refractivity contribution in [2.24, 2.45) is 5.73 Å². The third kappa shape index (κ3) is 3.24. The summed E-state index contributed by atoms with van der Waals surface area (Å²) in [6.07, 6.45) is 2.46. The fourth-order valence-electron chi connectivity index (χ4n) is 2.16. The molecule has 1 aliphatic carbocycles. The molecule has 112 valence electrons. The van der Waals surface area contributed by atoms with Gasteiger partial charge < -0.3 is 10.5 Å². The summed E-state index contributed by atoms with van der Waals surface area (Å²) in [7, 11) is 1.32. The molecule has 1 aliphatic rings. The zero-order valence-electron chi connectivity index (χ0n) is 11.9. The average molecular weight is 300 g/mol. The molecule has 1 aromatic rings. The highest BCUT2D eigenvalue weighted by Gasteiger charge is 2.33. The Morgan fingerprint density at radius 1 is 1.70 bits per heavy atom. The van der Waals surface area contributed by atoms with Crippen LogP contribution >= 0.6 is 11.8 Å². The molecule has 0 aromatic carbocycles. The molecule has 8 heteroatoms. The van der Waals surface area contributed by atoms with Crippen molar-refractivity contribution in [3.63, 3.8) is 0 Å². The maximum absolute atomic E-state index is 11.7. The van der Waals surface area contributed by atoms with E-state index in [0.717, 1.165) is 12.8 Å². The zero-order valence-corrected chi connectivity index (χ0v) is 12.7. The van der Waals surface area contributed by atoms with Gasteiger partial charge in [-0.2, -0.15) is 0 Å². The highest BCUT2D eigenvalue weighted by atomic mass is 32.2. The maximum Gasteiger partial charge on any atom is 0.344 e. The topological polar surface area (TPSA) is 103 Å². The van der Waals surface area contributed by atoms with Crippen molar-refractivity contribution in [2.75, 3.05) is 7.11 Å². The van der Waals surface area contributed by atoms with Crippen molar-refractivity contribution in [2.45, 2.75) is 55.1 Å². The summed E-state index contributed by atoms with van der Waals surface area (Å²) in [5.41, 5.74) is 4.74. The van der Waals surface area contributed by atoms with Crippen molar-refractivity contribution in [3.05, 3.63) is 10.5 Å². The number of esters is 1. The maximum atomic E-state index is 11.7. The van der Waals surface area contributed by atoms with Crippen LogP contribution in [0, 0.1) is 0 Å². The van der Waals surface area contributed by atoms with Gasteiger partial charge in [0.15, 0.2) is 5.16 Å². The Morgan fingerprint density at radius 3 is 2.90 bits per heavy atom. The van der Waals surface area contributed by atoms with Crippen LogP contribution in [0.1, 0.15) is 39.2 Å². The smallest absolute Gasteiger partial charge is 0.344 e. The zero-order chi connectivity index (χ0) is 14.9. The van der Waals surface area contributed by atoms with Gasteiger partial charge in [0.1, 0.15) is 5.54 Å². The molecule has 1 fully saturated rings. The predicted molar refractivity (Wildman–Crippen MR) is 75.7 cm³/mol. The molecule has 0 amide bonds. The van der Waals surface area contributed by atoms with Gasteiger partial charge in [0.2, 0.25) is 0 Å². The third-order valence-electron chi connectivity index (χ3n) is 3.25. The van der Waals surface area contributed by atoms with Crippen LogP contribution in [0.4, 0.5) is 0 Å². The lowest BCUT2D eigenvalue weighted by molar-refractivity contribution is -0.146. The van der Waals surface area contributed by atoms with Crippen molar-refractivity contribution in [1.82, 2.24) is 14.8 Å². The van der Waals surface area contributed by atoms with Crippen LogP contribution in [0.5, 0.6) is 0 Å². The van der Waals surface area contributed by atoms with Gasteiger partial charge in [0.05, 0.1) is 7.11 Å². The summed E-state index contributed by atoms with van der Waals surface area (Å²) < 4.78 is 6.38. The SMILES string of the molecule is COC(=O)C(C)(N)CC(C)Sc1n[nH]c(=O)n1C1CC1. The van der Waals surface area contributed by atoms with E-state index < -0.39 is 11.5 Å². The van der Waals surface area contributed by atoms with E-state index in [1.807, 2.05) is 6.92 Å². The molecule has 7 nitrogen and oxygen atoms in total. The van der Waals surface area contributed by atoms with Crippen LogP contribution in [0.15, 0.2) is 9.95 Å². The number of aromatic amines is 1. The Balaban J connectivity index is 2.03. The lowest BCUT2D eigenvalue weighted by Gasteiger charge is -2.24. The first-order valence-electron chi connectivity index (χ1n) is 6.56. The molecule has 1 saturated carbocycles. The first-order chi connectivity index (χ1) is 9.35. The molecule has 0 bridgehead atoms. The summed E-state index contributed by atoms with van der Waals surface area (Å²) in [6, 6.07) is 0.265. The number of nitrogens with two attached hydrogens (primary N) is 1. The van der Waals surface area contributed by atoms with Gasteiger partial charge in [-0.05, 0) is 26.2 Å². The fraction of sp³-hybridized carbons (Fsp3) is 0.750. The largest absolute Gasteiger partial charge is 0.468 e. The average Bonchev–Trinajstić information content (AvgIpc) is 3.13. The van der Waals surface area contributed by atoms with Crippen LogP contribution in [0.3, 0.4) is 0 Å². The van der Waals surface area contributed by atoms with E-state index in [1.165, 1.54) is 18.9 Å². The van der Waals surface area contributed by atoms with Crippen molar-refractivity contribution in [3.8, 4) is 0 Å². The summed E-state index contributed by atoms with van der Waals surface area (Å²) in [5, 5.41) is 7.21. The number of methoxy groups -OCH3 is 1. The van der Waals surface area contributed by atoms with Gasteiger partial charge in [-0.15, -0.1) is 5.10 Å². The minimum Gasteiger partial charge on any atom is -0.468 e. The molecule has 0 saturated heterocycles. The van der Waals surface area contributed by atoms with E-state index in [1.54, 1.807) is 11.5 Å². The molecule has 0 spiro atoms. The van der Waals surface area contributed by atoms with Crippen molar-refractivity contribution < 1.29 is 9.53 Å². The molecule has 2 atom stereocenters. The fourth-order valence-corrected chi connectivity index (χ4v) is 3.40. The first kappa shape index (κ1) is 15.1. The van der Waals surface area contributed by atoms with E-state index >= 15 is 0 Å². The van der Waals surface area contributed by atoms with Crippen LogP contribution in [-0.2, 0) is 9.53 Å². The van der Waals surface area contributed by atoms with Gasteiger partial charge in [0, 0.05) is 11.3 Å². The second-order valence-corrected chi connectivity index (χ2v) is 6.86. The van der Waals surface area contributed by atoms with Crippen LogP contribution < -0.4 is 11.4 Å². The number of aromatic nitrogens is 3. The number of ether oxygens (including phenoxy) is 1. The van der Waals surface area contributed by atoms with E-state index in [4.69, 9.17) is 10.5 Å². The number of nitrogens with zero attached hydrogens (tertiary/aromatic N) is 2. The van der Waals surface area contributed by atoms with Crippen LogP contribution in [0.25, 0.3) is 0 Å². The molecular formula is C12H20N4O3S. The molecule has 0 radical (unpaired) electrons. The molecular weight excluding hydrogens is 280 g/mol. The van der Waals surface area contributed by atoms with Crippen LogP contribution in [0.2, 0.25) is 0 Å².